The van der Waals surface area contributed by atoms with Crippen LogP contribution in [0.5, 0.6) is 0 Å². The number of ether oxygens (including phenoxy) is 4. The first-order valence-corrected chi connectivity index (χ1v) is 12.2. The molecule has 0 spiro atoms. The summed E-state index contributed by atoms with van der Waals surface area (Å²) in [6, 6.07) is 7.01. The molecule has 35 heavy (non-hydrogen) atoms. The van der Waals surface area contributed by atoms with E-state index in [1.54, 1.807) is 39.0 Å². The average molecular weight is 490 g/mol. The molecule has 4 rings (SSSR count). The number of carbonyl (C=O) groups is 3. The Morgan fingerprint density at radius 1 is 1.00 bits per heavy atom. The zero-order valence-electron chi connectivity index (χ0n) is 20.7. The molecule has 0 N–H and O–H groups in total. The molecule has 10 heteroatoms. The van der Waals surface area contributed by atoms with Crippen LogP contribution in [0.4, 0.5) is 15.3 Å². The summed E-state index contributed by atoms with van der Waals surface area (Å²) < 4.78 is 22.2. The summed E-state index contributed by atoms with van der Waals surface area (Å²) in [6.45, 7) is 9.66. The van der Waals surface area contributed by atoms with E-state index in [0.717, 1.165) is 0 Å². The summed E-state index contributed by atoms with van der Waals surface area (Å²) in [5.41, 5.74) is 0.754. The fourth-order valence-corrected chi connectivity index (χ4v) is 4.33. The molecule has 1 aromatic rings. The van der Waals surface area contributed by atoms with E-state index in [9.17, 15) is 14.4 Å². The van der Waals surface area contributed by atoms with Crippen molar-refractivity contribution < 1.29 is 33.3 Å². The van der Waals surface area contributed by atoms with Gasteiger partial charge in [0.2, 0.25) is 0 Å². The van der Waals surface area contributed by atoms with Crippen molar-refractivity contribution in [3.8, 4) is 0 Å². The van der Waals surface area contributed by atoms with Gasteiger partial charge in [-0.1, -0.05) is 0 Å². The number of amides is 3. The van der Waals surface area contributed by atoms with Gasteiger partial charge < -0.3 is 28.7 Å². The SMILES string of the molecule is CC(C)(C)OC(=O)N1CCC(OCC2CN(c3ccc(C(=O)N4CCOCC4)cc3)C(=O)O2)CC1. The molecular weight excluding hydrogens is 454 g/mol. The molecular formula is C25H35N3O7. The minimum Gasteiger partial charge on any atom is -0.444 e. The van der Waals surface area contributed by atoms with Gasteiger partial charge in [-0.2, -0.15) is 0 Å². The first-order chi connectivity index (χ1) is 16.7. The molecule has 10 nitrogen and oxygen atoms in total. The third-order valence-corrected chi connectivity index (χ3v) is 6.21. The van der Waals surface area contributed by atoms with Crippen LogP contribution in [-0.2, 0) is 18.9 Å². The summed E-state index contributed by atoms with van der Waals surface area (Å²) >= 11 is 0. The van der Waals surface area contributed by atoms with E-state index in [4.69, 9.17) is 18.9 Å². The number of nitrogens with zero attached hydrogens (tertiary/aromatic N) is 3. The molecule has 1 unspecified atom stereocenters. The van der Waals surface area contributed by atoms with E-state index in [-0.39, 0.29) is 24.2 Å². The van der Waals surface area contributed by atoms with Gasteiger partial charge in [-0.25, -0.2) is 9.59 Å². The van der Waals surface area contributed by atoms with Crippen molar-refractivity contribution in [2.75, 3.05) is 57.4 Å². The fraction of sp³-hybridized carbons (Fsp3) is 0.640. The maximum absolute atomic E-state index is 12.6. The molecule has 3 heterocycles. The monoisotopic (exact) mass is 489 g/mol. The molecule has 3 amide bonds. The van der Waals surface area contributed by atoms with Crippen LogP contribution in [0.25, 0.3) is 0 Å². The number of morpholine rings is 1. The van der Waals surface area contributed by atoms with Gasteiger partial charge in [0, 0.05) is 37.4 Å². The number of carbonyl (C=O) groups excluding carboxylic acids is 3. The second-order valence-corrected chi connectivity index (χ2v) is 10.1. The van der Waals surface area contributed by atoms with E-state index in [0.29, 0.717) is 76.6 Å². The molecule has 3 saturated heterocycles. The first kappa shape index (κ1) is 25.2. The van der Waals surface area contributed by atoms with E-state index in [2.05, 4.69) is 0 Å². The second-order valence-electron chi connectivity index (χ2n) is 10.1. The molecule has 1 aromatic carbocycles. The topological polar surface area (TPSA) is 97.9 Å². The largest absolute Gasteiger partial charge is 0.444 e. The number of benzene rings is 1. The van der Waals surface area contributed by atoms with Gasteiger partial charge in [0.05, 0.1) is 32.5 Å². The van der Waals surface area contributed by atoms with E-state index in [1.807, 2.05) is 20.8 Å². The summed E-state index contributed by atoms with van der Waals surface area (Å²) in [7, 11) is 0. The minimum atomic E-state index is -0.513. The second kappa shape index (κ2) is 10.8. The number of rotatable bonds is 5. The average Bonchev–Trinajstić information content (AvgIpc) is 3.22. The van der Waals surface area contributed by atoms with Crippen molar-refractivity contribution in [1.82, 2.24) is 9.80 Å². The first-order valence-electron chi connectivity index (χ1n) is 12.2. The van der Waals surface area contributed by atoms with Crippen LogP contribution >= 0.6 is 0 Å². The van der Waals surface area contributed by atoms with Crippen molar-refractivity contribution >= 4 is 23.8 Å². The predicted octanol–water partition coefficient (Wildman–Crippen LogP) is 2.90. The number of hydrogen-bond donors (Lipinski definition) is 0. The quantitative estimate of drug-likeness (QED) is 0.627. The Morgan fingerprint density at radius 2 is 1.66 bits per heavy atom. The Labute approximate surface area is 206 Å². The number of likely N-dealkylation sites (tertiary alicyclic amines) is 1. The van der Waals surface area contributed by atoms with E-state index >= 15 is 0 Å². The van der Waals surface area contributed by atoms with E-state index in [1.165, 1.54) is 0 Å². The zero-order valence-corrected chi connectivity index (χ0v) is 20.7. The number of piperidine rings is 1. The number of anilines is 1. The maximum atomic E-state index is 12.6. The van der Waals surface area contributed by atoms with Crippen LogP contribution in [0.15, 0.2) is 24.3 Å². The third-order valence-electron chi connectivity index (χ3n) is 6.21. The predicted molar refractivity (Wildman–Crippen MR) is 128 cm³/mol. The molecule has 0 saturated carbocycles. The normalized spacial score (nSPS) is 21.7. The van der Waals surface area contributed by atoms with Crippen LogP contribution in [-0.4, -0.2) is 98.2 Å². The van der Waals surface area contributed by atoms with E-state index < -0.39 is 11.7 Å². The smallest absolute Gasteiger partial charge is 0.414 e. The van der Waals surface area contributed by atoms with Gasteiger partial charge in [-0.05, 0) is 57.9 Å². The summed E-state index contributed by atoms with van der Waals surface area (Å²) in [5.74, 6) is -0.0344. The Morgan fingerprint density at radius 3 is 2.29 bits per heavy atom. The maximum Gasteiger partial charge on any atom is 0.414 e. The van der Waals surface area contributed by atoms with Gasteiger partial charge in [0.1, 0.15) is 11.7 Å². The Bertz CT molecular complexity index is 901. The van der Waals surface area contributed by atoms with Crippen LogP contribution < -0.4 is 4.90 Å². The molecule has 0 aromatic heterocycles. The highest BCUT2D eigenvalue weighted by Gasteiger charge is 2.34. The van der Waals surface area contributed by atoms with Crippen molar-refractivity contribution in [3.63, 3.8) is 0 Å². The van der Waals surface area contributed by atoms with Crippen LogP contribution in [0.2, 0.25) is 0 Å². The van der Waals surface area contributed by atoms with Crippen molar-refractivity contribution in [2.45, 2.75) is 51.4 Å². The molecule has 0 aliphatic carbocycles. The molecule has 192 valence electrons. The molecule has 3 aliphatic rings. The Kier molecular flexibility index (Phi) is 7.81. The Balaban J connectivity index is 1.22. The van der Waals surface area contributed by atoms with Crippen LogP contribution in [0, 0.1) is 0 Å². The highest BCUT2D eigenvalue weighted by Crippen LogP contribution is 2.24. The minimum absolute atomic E-state index is 0.00641. The summed E-state index contributed by atoms with van der Waals surface area (Å²) in [4.78, 5) is 42.3. The standard InChI is InChI=1S/C25H35N3O7/c1-25(2,3)35-23(30)27-10-8-20(9-11-27)33-17-21-16-28(24(31)34-21)19-6-4-18(5-7-19)22(29)26-12-14-32-15-13-26/h4-7,20-21H,8-17H2,1-3H3. The summed E-state index contributed by atoms with van der Waals surface area (Å²) in [5, 5.41) is 0. The van der Waals surface area contributed by atoms with Gasteiger partial charge in [-0.3, -0.25) is 9.69 Å². The lowest BCUT2D eigenvalue weighted by Gasteiger charge is -2.33. The van der Waals surface area contributed by atoms with Gasteiger partial charge >= 0.3 is 12.2 Å². The van der Waals surface area contributed by atoms with Gasteiger partial charge in [-0.15, -0.1) is 0 Å². The van der Waals surface area contributed by atoms with Crippen molar-refractivity contribution in [3.05, 3.63) is 29.8 Å². The fourth-order valence-electron chi connectivity index (χ4n) is 4.33. The van der Waals surface area contributed by atoms with Crippen molar-refractivity contribution in [1.29, 1.82) is 0 Å². The Hall–Kier alpha value is -2.85. The molecule has 0 bridgehead atoms. The molecule has 3 fully saturated rings. The van der Waals surface area contributed by atoms with Crippen LogP contribution in [0.1, 0.15) is 44.0 Å². The summed E-state index contributed by atoms with van der Waals surface area (Å²) in [6.07, 6.45) is 0.331. The van der Waals surface area contributed by atoms with Gasteiger partial charge in [0.25, 0.3) is 5.91 Å². The zero-order chi connectivity index (χ0) is 25.0. The lowest BCUT2D eigenvalue weighted by molar-refractivity contribution is -0.0335. The van der Waals surface area contributed by atoms with Crippen LogP contribution in [0.3, 0.4) is 0 Å². The molecule has 3 aliphatic heterocycles. The lowest BCUT2D eigenvalue weighted by Crippen LogP contribution is -2.43. The number of cyclic esters (lactones) is 1. The highest BCUT2D eigenvalue weighted by atomic mass is 16.6. The highest BCUT2D eigenvalue weighted by molar-refractivity contribution is 5.95. The molecule has 0 radical (unpaired) electrons. The van der Waals surface area contributed by atoms with Crippen molar-refractivity contribution in [2.24, 2.45) is 0 Å². The van der Waals surface area contributed by atoms with Gasteiger partial charge in [0.15, 0.2) is 0 Å². The molecule has 1 atom stereocenters. The number of hydrogen-bond acceptors (Lipinski definition) is 7. The third kappa shape index (κ3) is 6.64. The lowest BCUT2D eigenvalue weighted by atomic mass is 10.1.